The van der Waals surface area contributed by atoms with Gasteiger partial charge >= 0.3 is 0 Å². The molecule has 0 radical (unpaired) electrons. The maximum Gasteiger partial charge on any atom is 0.144 e. The summed E-state index contributed by atoms with van der Waals surface area (Å²) in [7, 11) is 0. The summed E-state index contributed by atoms with van der Waals surface area (Å²) in [6.07, 6.45) is 2.07. The molecule has 2 heterocycles. The number of hydrogen-bond acceptors (Lipinski definition) is 2. The molecule has 1 aromatic carbocycles. The lowest BCUT2D eigenvalue weighted by molar-refractivity contribution is 0.183. The first-order valence-electron chi connectivity index (χ1n) is 6.67. The molecule has 1 unspecified atom stereocenters. The Balaban J connectivity index is 1.92. The lowest BCUT2D eigenvalue weighted by atomic mass is 10.1. The van der Waals surface area contributed by atoms with Crippen LogP contribution in [0.3, 0.4) is 0 Å². The van der Waals surface area contributed by atoms with Gasteiger partial charge in [0, 0.05) is 25.8 Å². The quantitative estimate of drug-likeness (QED) is 0.797. The van der Waals surface area contributed by atoms with Crippen LogP contribution in [0.25, 0.3) is 11.0 Å². The van der Waals surface area contributed by atoms with Crippen LogP contribution in [0.2, 0.25) is 5.02 Å². The average molecular weight is 317 g/mol. The van der Waals surface area contributed by atoms with E-state index in [1.54, 1.807) is 6.07 Å². The van der Waals surface area contributed by atoms with Crippen LogP contribution in [0.4, 0.5) is 4.39 Å². The lowest BCUT2D eigenvalue weighted by Crippen LogP contribution is -2.08. The van der Waals surface area contributed by atoms with Crippen molar-refractivity contribution in [1.82, 2.24) is 9.55 Å². The van der Waals surface area contributed by atoms with E-state index < -0.39 is 5.82 Å². The molecular weight excluding hydrogens is 302 g/mol. The number of hydrogen-bond donors (Lipinski definition) is 0. The zero-order chi connectivity index (χ0) is 14.1. The Bertz CT molecular complexity index is 623. The molecular formula is C14H15Cl2FN2O. The number of imidazole rings is 1. The summed E-state index contributed by atoms with van der Waals surface area (Å²) in [6, 6.07) is 2.99. The van der Waals surface area contributed by atoms with Crippen LogP contribution in [0, 0.1) is 11.7 Å². The van der Waals surface area contributed by atoms with Crippen LogP contribution < -0.4 is 0 Å². The fourth-order valence-electron chi connectivity index (χ4n) is 2.64. The van der Waals surface area contributed by atoms with Gasteiger partial charge in [-0.1, -0.05) is 11.6 Å². The Morgan fingerprint density at radius 2 is 2.30 bits per heavy atom. The van der Waals surface area contributed by atoms with Gasteiger partial charge in [-0.05, 0) is 24.8 Å². The summed E-state index contributed by atoms with van der Waals surface area (Å²) in [5.41, 5.74) is 1.44. The molecule has 0 N–H and O–H groups in total. The highest BCUT2D eigenvalue weighted by molar-refractivity contribution is 6.31. The zero-order valence-electron chi connectivity index (χ0n) is 10.9. The molecule has 1 fully saturated rings. The predicted octanol–water partition coefficient (Wildman–Crippen LogP) is 3.99. The standard InChI is InChI=1S/C14H15Cl2FN2O/c15-7-14-18-12-5-10(16)11(17)6-13(12)19(14)3-1-9-2-4-20-8-9/h5-6,9H,1-4,7-8H2. The van der Waals surface area contributed by atoms with E-state index in [0.717, 1.165) is 43.9 Å². The van der Waals surface area contributed by atoms with E-state index in [0.29, 0.717) is 17.3 Å². The number of ether oxygens (including phenoxy) is 1. The van der Waals surface area contributed by atoms with Crippen molar-refractivity contribution in [1.29, 1.82) is 0 Å². The summed E-state index contributed by atoms with van der Waals surface area (Å²) >= 11 is 11.7. The fourth-order valence-corrected chi connectivity index (χ4v) is 3.01. The van der Waals surface area contributed by atoms with E-state index in [-0.39, 0.29) is 5.02 Å². The maximum absolute atomic E-state index is 13.7. The average Bonchev–Trinajstić information content (AvgIpc) is 3.05. The van der Waals surface area contributed by atoms with Gasteiger partial charge in [-0.3, -0.25) is 0 Å². The first-order chi connectivity index (χ1) is 9.69. The molecule has 0 spiro atoms. The van der Waals surface area contributed by atoms with Crippen molar-refractivity contribution in [3.8, 4) is 0 Å². The van der Waals surface area contributed by atoms with Gasteiger partial charge in [-0.15, -0.1) is 11.6 Å². The molecule has 1 aliphatic heterocycles. The molecule has 1 saturated heterocycles. The molecule has 1 aromatic heterocycles. The van der Waals surface area contributed by atoms with Crippen molar-refractivity contribution >= 4 is 34.2 Å². The van der Waals surface area contributed by atoms with Gasteiger partial charge in [0.15, 0.2) is 0 Å². The van der Waals surface area contributed by atoms with Gasteiger partial charge < -0.3 is 9.30 Å². The summed E-state index contributed by atoms with van der Waals surface area (Å²) < 4.78 is 21.0. The minimum absolute atomic E-state index is 0.0902. The van der Waals surface area contributed by atoms with Crippen LogP contribution in [0.15, 0.2) is 12.1 Å². The smallest absolute Gasteiger partial charge is 0.144 e. The largest absolute Gasteiger partial charge is 0.381 e. The Morgan fingerprint density at radius 1 is 1.45 bits per heavy atom. The van der Waals surface area contributed by atoms with Crippen molar-refractivity contribution in [3.05, 3.63) is 28.8 Å². The summed E-state index contributed by atoms with van der Waals surface area (Å²) in [4.78, 5) is 4.43. The highest BCUT2D eigenvalue weighted by Crippen LogP contribution is 2.26. The third-order valence-corrected chi connectivity index (χ3v) is 4.30. The molecule has 20 heavy (non-hydrogen) atoms. The topological polar surface area (TPSA) is 27.1 Å². The predicted molar refractivity (Wildman–Crippen MR) is 77.8 cm³/mol. The molecule has 1 atom stereocenters. The number of halogens is 3. The highest BCUT2D eigenvalue weighted by atomic mass is 35.5. The summed E-state index contributed by atoms with van der Waals surface area (Å²) in [5, 5.41) is 0.0902. The number of alkyl halides is 1. The van der Waals surface area contributed by atoms with Crippen LogP contribution >= 0.6 is 23.2 Å². The number of nitrogens with zero attached hydrogens (tertiary/aromatic N) is 2. The van der Waals surface area contributed by atoms with Crippen molar-refractivity contribution in [2.45, 2.75) is 25.3 Å². The van der Waals surface area contributed by atoms with Crippen LogP contribution in [0.5, 0.6) is 0 Å². The molecule has 0 aliphatic carbocycles. The molecule has 3 rings (SSSR count). The second-order valence-electron chi connectivity index (χ2n) is 5.09. The SMILES string of the molecule is Fc1cc2c(cc1Cl)nc(CCl)n2CCC1CCOC1. The number of benzene rings is 1. The minimum Gasteiger partial charge on any atom is -0.381 e. The maximum atomic E-state index is 13.7. The Hall–Kier alpha value is -0.840. The molecule has 3 nitrogen and oxygen atoms in total. The molecule has 1 aliphatic rings. The van der Waals surface area contributed by atoms with Crippen molar-refractivity contribution in [2.24, 2.45) is 5.92 Å². The Kier molecular flexibility index (Phi) is 4.15. The van der Waals surface area contributed by atoms with E-state index in [2.05, 4.69) is 4.98 Å². The molecule has 6 heteroatoms. The molecule has 0 saturated carbocycles. The van der Waals surface area contributed by atoms with E-state index in [4.69, 9.17) is 27.9 Å². The number of fused-ring (bicyclic) bond motifs is 1. The van der Waals surface area contributed by atoms with Crippen LogP contribution in [-0.2, 0) is 17.2 Å². The molecule has 2 aromatic rings. The third-order valence-electron chi connectivity index (χ3n) is 3.77. The van der Waals surface area contributed by atoms with Gasteiger partial charge in [0.2, 0.25) is 0 Å². The first-order valence-corrected chi connectivity index (χ1v) is 7.58. The van der Waals surface area contributed by atoms with E-state index in [1.165, 1.54) is 6.07 Å². The molecule has 0 amide bonds. The highest BCUT2D eigenvalue weighted by Gasteiger charge is 2.18. The molecule has 0 bridgehead atoms. The Labute approximate surface area is 126 Å². The van der Waals surface area contributed by atoms with Crippen LogP contribution in [0.1, 0.15) is 18.7 Å². The van der Waals surface area contributed by atoms with Gasteiger partial charge in [0.1, 0.15) is 11.6 Å². The van der Waals surface area contributed by atoms with E-state index in [9.17, 15) is 4.39 Å². The van der Waals surface area contributed by atoms with Crippen molar-refractivity contribution < 1.29 is 9.13 Å². The van der Waals surface area contributed by atoms with Gasteiger partial charge in [0.25, 0.3) is 0 Å². The van der Waals surface area contributed by atoms with Gasteiger partial charge in [0.05, 0.1) is 21.9 Å². The van der Waals surface area contributed by atoms with Crippen molar-refractivity contribution in [3.63, 3.8) is 0 Å². The lowest BCUT2D eigenvalue weighted by Gasteiger charge is -2.11. The van der Waals surface area contributed by atoms with Crippen LogP contribution in [-0.4, -0.2) is 22.8 Å². The number of rotatable bonds is 4. The van der Waals surface area contributed by atoms with Crippen molar-refractivity contribution in [2.75, 3.05) is 13.2 Å². The minimum atomic E-state index is -0.425. The summed E-state index contributed by atoms with van der Waals surface area (Å²) in [6.45, 7) is 2.42. The Morgan fingerprint density at radius 3 is 3.00 bits per heavy atom. The number of aromatic nitrogens is 2. The first kappa shape index (κ1) is 14.1. The number of aryl methyl sites for hydroxylation is 1. The fraction of sp³-hybridized carbons (Fsp3) is 0.500. The van der Waals surface area contributed by atoms with E-state index in [1.807, 2.05) is 4.57 Å². The second kappa shape index (κ2) is 5.88. The monoisotopic (exact) mass is 316 g/mol. The van der Waals surface area contributed by atoms with Gasteiger partial charge in [-0.25, -0.2) is 9.37 Å². The zero-order valence-corrected chi connectivity index (χ0v) is 12.4. The van der Waals surface area contributed by atoms with Gasteiger partial charge in [-0.2, -0.15) is 0 Å². The molecule has 108 valence electrons. The second-order valence-corrected chi connectivity index (χ2v) is 5.76. The summed E-state index contributed by atoms with van der Waals surface area (Å²) in [5.74, 6) is 1.19. The normalized spacial score (nSPS) is 19.1. The van der Waals surface area contributed by atoms with E-state index >= 15 is 0 Å². The third kappa shape index (κ3) is 2.65.